The number of oxazole rings is 1. The van der Waals surface area contributed by atoms with Gasteiger partial charge in [-0.3, -0.25) is 0 Å². The number of thiazole rings is 1. The van der Waals surface area contributed by atoms with Gasteiger partial charge < -0.3 is 14.6 Å². The number of hydrogen-bond acceptors (Lipinski definition) is 6. The molecule has 0 bridgehead atoms. The molecule has 6 heteroatoms. The van der Waals surface area contributed by atoms with Gasteiger partial charge in [-0.2, -0.15) is 4.98 Å². The maximum Gasteiger partial charge on any atom is 0.297 e. The first-order chi connectivity index (χ1) is 9.20. The van der Waals surface area contributed by atoms with Gasteiger partial charge in [0, 0.05) is 25.0 Å². The predicted octanol–water partition coefficient (Wildman–Crippen LogP) is 2.33. The fourth-order valence-electron chi connectivity index (χ4n) is 1.88. The highest BCUT2D eigenvalue weighted by atomic mass is 32.1. The Balaban J connectivity index is 1.57. The molecule has 0 atom stereocenters. The molecule has 1 aliphatic carbocycles. The summed E-state index contributed by atoms with van der Waals surface area (Å²) in [6.45, 7) is 3.53. The lowest BCUT2D eigenvalue weighted by Crippen LogP contribution is -2.18. The topological polar surface area (TPSA) is 54.2 Å². The third-order valence-electron chi connectivity index (χ3n) is 3.08. The van der Waals surface area contributed by atoms with Crippen molar-refractivity contribution in [3.63, 3.8) is 0 Å². The fraction of sp³-hybridized carbons (Fsp3) is 0.538. The first kappa shape index (κ1) is 12.6. The highest BCUT2D eigenvalue weighted by Crippen LogP contribution is 2.20. The Labute approximate surface area is 116 Å². The van der Waals surface area contributed by atoms with Crippen LogP contribution in [0.3, 0.4) is 0 Å². The van der Waals surface area contributed by atoms with E-state index in [2.05, 4.69) is 20.7 Å². The lowest BCUT2D eigenvalue weighted by molar-refractivity contribution is 0.541. The van der Waals surface area contributed by atoms with Gasteiger partial charge in [0.2, 0.25) is 0 Å². The molecule has 0 amide bonds. The monoisotopic (exact) mass is 278 g/mol. The molecule has 1 aliphatic rings. The zero-order valence-corrected chi connectivity index (χ0v) is 12.0. The molecule has 0 saturated heterocycles. The van der Waals surface area contributed by atoms with E-state index in [0.717, 1.165) is 29.5 Å². The zero-order chi connectivity index (χ0) is 13.2. The van der Waals surface area contributed by atoms with Crippen LogP contribution in [0.15, 0.2) is 16.1 Å². The maximum atomic E-state index is 5.51. The Morgan fingerprint density at radius 1 is 1.42 bits per heavy atom. The summed E-state index contributed by atoms with van der Waals surface area (Å²) in [6, 6.07) is 1.34. The summed E-state index contributed by atoms with van der Waals surface area (Å²) in [7, 11) is 1.97. The van der Waals surface area contributed by atoms with Crippen molar-refractivity contribution in [2.75, 3.05) is 11.9 Å². The van der Waals surface area contributed by atoms with Crippen molar-refractivity contribution >= 4 is 17.4 Å². The van der Waals surface area contributed by atoms with E-state index in [1.807, 2.05) is 18.9 Å². The first-order valence-corrected chi connectivity index (χ1v) is 7.38. The van der Waals surface area contributed by atoms with E-state index >= 15 is 0 Å². The maximum absolute atomic E-state index is 5.51. The summed E-state index contributed by atoms with van der Waals surface area (Å²) < 4.78 is 5.51. The van der Waals surface area contributed by atoms with Gasteiger partial charge in [-0.1, -0.05) is 0 Å². The highest BCUT2D eigenvalue weighted by Gasteiger charge is 2.20. The quantitative estimate of drug-likeness (QED) is 0.879. The summed E-state index contributed by atoms with van der Waals surface area (Å²) in [5.41, 5.74) is 2.02. The van der Waals surface area contributed by atoms with Gasteiger partial charge in [0.1, 0.15) is 6.26 Å². The molecule has 2 aromatic rings. The summed E-state index contributed by atoms with van der Waals surface area (Å²) in [6.07, 6.45) is 4.30. The Bertz CT molecular complexity index is 546. The highest BCUT2D eigenvalue weighted by molar-refractivity contribution is 7.09. The lowest BCUT2D eigenvalue weighted by atomic mass is 10.4. The molecule has 0 aromatic carbocycles. The molecule has 102 valence electrons. The van der Waals surface area contributed by atoms with Crippen LogP contribution in [0.5, 0.6) is 0 Å². The Hall–Kier alpha value is -1.40. The van der Waals surface area contributed by atoms with Crippen LogP contribution in [0.4, 0.5) is 6.01 Å². The Morgan fingerprint density at radius 2 is 2.26 bits per heavy atom. The molecular formula is C13H18N4OS. The van der Waals surface area contributed by atoms with Gasteiger partial charge in [-0.05, 0) is 19.8 Å². The minimum atomic E-state index is 0.651. The van der Waals surface area contributed by atoms with E-state index in [0.29, 0.717) is 12.1 Å². The van der Waals surface area contributed by atoms with Crippen LogP contribution in [-0.2, 0) is 13.1 Å². The Morgan fingerprint density at radius 3 is 2.95 bits per heavy atom. The second kappa shape index (κ2) is 5.30. The van der Waals surface area contributed by atoms with Gasteiger partial charge in [-0.25, -0.2) is 4.98 Å². The van der Waals surface area contributed by atoms with Crippen LogP contribution in [0.2, 0.25) is 0 Å². The summed E-state index contributed by atoms with van der Waals surface area (Å²) >= 11 is 1.67. The number of aryl methyl sites for hydroxylation is 1. The number of rotatable bonds is 6. The standard InChI is InChI=1S/C13H18N4OS/c1-9-15-12(8-19-9)6-17(2)13-16-11(7-18-13)5-14-10-3-4-10/h7-8,10,14H,3-6H2,1-2H3. The van der Waals surface area contributed by atoms with Gasteiger partial charge in [0.15, 0.2) is 0 Å². The molecule has 19 heavy (non-hydrogen) atoms. The van der Waals surface area contributed by atoms with E-state index in [4.69, 9.17) is 4.42 Å². The molecule has 1 saturated carbocycles. The SMILES string of the molecule is Cc1nc(CN(C)c2nc(CNC3CC3)co2)cs1. The summed E-state index contributed by atoms with van der Waals surface area (Å²) in [5.74, 6) is 0. The number of aromatic nitrogens is 2. The van der Waals surface area contributed by atoms with E-state index < -0.39 is 0 Å². The molecule has 1 fully saturated rings. The van der Waals surface area contributed by atoms with Crippen LogP contribution < -0.4 is 10.2 Å². The molecule has 0 radical (unpaired) electrons. The number of hydrogen-bond donors (Lipinski definition) is 1. The van der Waals surface area contributed by atoms with Crippen LogP contribution in [0, 0.1) is 6.92 Å². The minimum Gasteiger partial charge on any atom is -0.432 e. The van der Waals surface area contributed by atoms with Crippen molar-refractivity contribution in [3.05, 3.63) is 28.0 Å². The predicted molar refractivity (Wildman–Crippen MR) is 75.3 cm³/mol. The van der Waals surface area contributed by atoms with Crippen molar-refractivity contribution in [3.8, 4) is 0 Å². The largest absolute Gasteiger partial charge is 0.432 e. The van der Waals surface area contributed by atoms with Crippen LogP contribution in [-0.4, -0.2) is 23.1 Å². The normalized spacial score (nSPS) is 14.8. The molecule has 0 unspecified atom stereocenters. The summed E-state index contributed by atoms with van der Waals surface area (Å²) in [5, 5.41) is 6.59. The fourth-order valence-corrected chi connectivity index (χ4v) is 2.48. The van der Waals surface area contributed by atoms with Gasteiger partial charge in [0.05, 0.1) is 22.9 Å². The van der Waals surface area contributed by atoms with Crippen LogP contribution >= 0.6 is 11.3 Å². The number of anilines is 1. The lowest BCUT2D eigenvalue weighted by Gasteiger charge is -2.12. The molecule has 5 nitrogen and oxygen atoms in total. The van der Waals surface area contributed by atoms with Gasteiger partial charge in [0.25, 0.3) is 6.01 Å². The minimum absolute atomic E-state index is 0.651. The first-order valence-electron chi connectivity index (χ1n) is 6.50. The zero-order valence-electron chi connectivity index (χ0n) is 11.2. The molecule has 3 rings (SSSR count). The smallest absolute Gasteiger partial charge is 0.297 e. The molecule has 2 heterocycles. The van der Waals surface area contributed by atoms with E-state index in [1.54, 1.807) is 17.6 Å². The van der Waals surface area contributed by atoms with Gasteiger partial charge >= 0.3 is 0 Å². The molecule has 0 spiro atoms. The average molecular weight is 278 g/mol. The third kappa shape index (κ3) is 3.33. The van der Waals surface area contributed by atoms with Crippen LogP contribution in [0.25, 0.3) is 0 Å². The average Bonchev–Trinajstić information content (AvgIpc) is 2.94. The molecule has 1 N–H and O–H groups in total. The molecule has 2 aromatic heterocycles. The van der Waals surface area contributed by atoms with Crippen molar-refractivity contribution in [2.24, 2.45) is 0 Å². The van der Waals surface area contributed by atoms with Gasteiger partial charge in [-0.15, -0.1) is 11.3 Å². The number of nitrogens with one attached hydrogen (secondary N) is 1. The molecular weight excluding hydrogens is 260 g/mol. The van der Waals surface area contributed by atoms with Crippen LogP contribution in [0.1, 0.15) is 29.2 Å². The Kier molecular flexibility index (Phi) is 3.52. The number of nitrogens with zero attached hydrogens (tertiary/aromatic N) is 3. The summed E-state index contributed by atoms with van der Waals surface area (Å²) in [4.78, 5) is 10.9. The van der Waals surface area contributed by atoms with E-state index in [1.165, 1.54) is 12.8 Å². The van der Waals surface area contributed by atoms with Crippen molar-refractivity contribution in [2.45, 2.75) is 38.9 Å². The second-order valence-corrected chi connectivity index (χ2v) is 6.05. The van der Waals surface area contributed by atoms with Crippen molar-refractivity contribution in [1.82, 2.24) is 15.3 Å². The third-order valence-corrected chi connectivity index (χ3v) is 3.90. The van der Waals surface area contributed by atoms with E-state index in [-0.39, 0.29) is 0 Å². The second-order valence-electron chi connectivity index (χ2n) is 4.99. The van der Waals surface area contributed by atoms with Crippen molar-refractivity contribution < 1.29 is 4.42 Å². The molecule has 0 aliphatic heterocycles. The van der Waals surface area contributed by atoms with E-state index in [9.17, 15) is 0 Å². The van der Waals surface area contributed by atoms with Crippen molar-refractivity contribution in [1.29, 1.82) is 0 Å².